The Morgan fingerprint density at radius 1 is 1.00 bits per heavy atom. The van der Waals surface area contributed by atoms with Gasteiger partial charge in [-0.25, -0.2) is 22.5 Å². The number of urea groups is 1. The van der Waals surface area contributed by atoms with Crippen LogP contribution in [0, 0.1) is 0 Å². The van der Waals surface area contributed by atoms with E-state index in [1.54, 1.807) is 24.4 Å². The predicted molar refractivity (Wildman–Crippen MR) is 126 cm³/mol. The van der Waals surface area contributed by atoms with Gasteiger partial charge in [0.2, 0.25) is 10.0 Å². The van der Waals surface area contributed by atoms with Gasteiger partial charge >= 0.3 is 12.2 Å². The summed E-state index contributed by atoms with van der Waals surface area (Å²) in [5.41, 5.74) is 1.48. The highest BCUT2D eigenvalue weighted by atomic mass is 32.2. The lowest BCUT2D eigenvalue weighted by atomic mass is 10.1. The van der Waals surface area contributed by atoms with Crippen LogP contribution in [0.4, 0.5) is 29.3 Å². The molecule has 182 valence electrons. The van der Waals surface area contributed by atoms with Crippen LogP contribution in [0.5, 0.6) is 0 Å². The minimum atomic E-state index is -4.47. The summed E-state index contributed by atoms with van der Waals surface area (Å²) in [6.45, 7) is 0. The summed E-state index contributed by atoms with van der Waals surface area (Å²) in [5.74, 6) is 0. The number of hydrogen-bond donors (Lipinski definition) is 3. The Balaban J connectivity index is 1.57. The van der Waals surface area contributed by atoms with Crippen molar-refractivity contribution in [2.45, 2.75) is 11.1 Å². The van der Waals surface area contributed by atoms with E-state index in [1.165, 1.54) is 32.4 Å². The summed E-state index contributed by atoms with van der Waals surface area (Å²) in [4.78, 5) is 19.8. The lowest BCUT2D eigenvalue weighted by molar-refractivity contribution is -0.137. The molecule has 0 fully saturated rings. The number of amides is 2. The number of nitrogens with zero attached hydrogens (tertiary/aromatic N) is 2. The van der Waals surface area contributed by atoms with Crippen LogP contribution < -0.4 is 10.6 Å². The third-order valence-corrected chi connectivity index (χ3v) is 7.01. The number of hydrogen-bond acceptors (Lipinski definition) is 4. The molecule has 2 amide bonds. The van der Waals surface area contributed by atoms with Gasteiger partial charge in [0.15, 0.2) is 0 Å². The highest BCUT2D eigenvalue weighted by Gasteiger charge is 2.30. The molecule has 2 aromatic heterocycles. The van der Waals surface area contributed by atoms with E-state index in [0.717, 1.165) is 28.6 Å². The molecule has 0 unspecified atom stereocenters. The van der Waals surface area contributed by atoms with E-state index >= 15 is 0 Å². The van der Waals surface area contributed by atoms with E-state index in [-0.39, 0.29) is 10.6 Å². The van der Waals surface area contributed by atoms with Gasteiger partial charge in [-0.15, -0.1) is 0 Å². The Morgan fingerprint density at radius 3 is 2.37 bits per heavy atom. The smallest absolute Gasteiger partial charge is 0.344 e. The molecule has 0 aliphatic rings. The molecular weight excluding hydrogens is 483 g/mol. The molecule has 0 spiro atoms. The average Bonchev–Trinajstić information content (AvgIpc) is 3.20. The SMILES string of the molecule is CN(C)S(=O)(=O)c1cccc(-c2cnc3[nH]cc(NC(=O)Nc4ccc(C(F)(F)F)cc4)c3c2)c1. The number of rotatable bonds is 5. The minimum absolute atomic E-state index is 0.128. The summed E-state index contributed by atoms with van der Waals surface area (Å²) in [7, 11) is -0.730. The highest BCUT2D eigenvalue weighted by molar-refractivity contribution is 7.89. The van der Waals surface area contributed by atoms with Crippen LogP contribution in [-0.4, -0.2) is 42.8 Å². The number of nitrogens with one attached hydrogen (secondary N) is 3. The average molecular weight is 504 g/mol. The molecule has 0 aliphatic heterocycles. The monoisotopic (exact) mass is 503 g/mol. The van der Waals surface area contributed by atoms with E-state index in [9.17, 15) is 26.4 Å². The van der Waals surface area contributed by atoms with Crippen molar-refractivity contribution in [2.24, 2.45) is 0 Å². The number of anilines is 2. The maximum absolute atomic E-state index is 12.7. The van der Waals surface area contributed by atoms with Crippen molar-refractivity contribution in [1.82, 2.24) is 14.3 Å². The third-order valence-electron chi connectivity index (χ3n) is 5.20. The molecule has 2 heterocycles. The Morgan fingerprint density at radius 2 is 1.71 bits per heavy atom. The summed E-state index contributed by atoms with van der Waals surface area (Å²) < 4.78 is 64.2. The lowest BCUT2D eigenvalue weighted by Gasteiger charge is -2.12. The number of H-pyrrole nitrogens is 1. The number of benzene rings is 2. The number of aromatic amines is 1. The van der Waals surface area contributed by atoms with Crippen LogP contribution in [0.3, 0.4) is 0 Å². The van der Waals surface area contributed by atoms with Crippen molar-refractivity contribution in [3.05, 3.63) is 72.6 Å². The van der Waals surface area contributed by atoms with Crippen molar-refractivity contribution >= 4 is 38.5 Å². The predicted octanol–water partition coefficient (Wildman–Crippen LogP) is 5.14. The summed E-state index contributed by atoms with van der Waals surface area (Å²) in [6, 6.07) is 11.6. The third kappa shape index (κ3) is 5.12. The van der Waals surface area contributed by atoms with Gasteiger partial charge in [-0.1, -0.05) is 12.1 Å². The summed E-state index contributed by atoms with van der Waals surface area (Å²) in [5, 5.41) is 5.68. The fourth-order valence-electron chi connectivity index (χ4n) is 3.34. The summed E-state index contributed by atoms with van der Waals surface area (Å²) >= 11 is 0. The Hall–Kier alpha value is -3.90. The number of carbonyl (C=O) groups is 1. The second kappa shape index (κ2) is 9.04. The largest absolute Gasteiger partial charge is 0.416 e. The van der Waals surface area contributed by atoms with Gasteiger partial charge < -0.3 is 15.6 Å². The topological polar surface area (TPSA) is 107 Å². The Bertz CT molecular complexity index is 1500. The number of fused-ring (bicyclic) bond motifs is 1. The van der Waals surface area contributed by atoms with E-state index in [2.05, 4.69) is 20.6 Å². The minimum Gasteiger partial charge on any atom is -0.344 e. The van der Waals surface area contributed by atoms with Crippen LogP contribution >= 0.6 is 0 Å². The molecule has 4 rings (SSSR count). The first-order chi connectivity index (χ1) is 16.4. The Labute approximate surface area is 198 Å². The number of aromatic nitrogens is 2. The van der Waals surface area contributed by atoms with Gasteiger partial charge in [-0.05, 0) is 48.0 Å². The number of alkyl halides is 3. The molecule has 0 atom stereocenters. The van der Waals surface area contributed by atoms with Gasteiger partial charge in [-0.3, -0.25) is 0 Å². The van der Waals surface area contributed by atoms with Crippen molar-refractivity contribution < 1.29 is 26.4 Å². The molecule has 0 saturated carbocycles. The van der Waals surface area contributed by atoms with Crippen molar-refractivity contribution in [1.29, 1.82) is 0 Å². The second-order valence-electron chi connectivity index (χ2n) is 7.79. The summed E-state index contributed by atoms with van der Waals surface area (Å²) in [6.07, 6.45) is -1.36. The van der Waals surface area contributed by atoms with Crippen molar-refractivity contribution in [3.8, 4) is 11.1 Å². The van der Waals surface area contributed by atoms with Crippen molar-refractivity contribution in [2.75, 3.05) is 24.7 Å². The molecular formula is C23H20F3N5O3S. The quantitative estimate of drug-likeness (QED) is 0.350. The molecule has 35 heavy (non-hydrogen) atoms. The van der Waals surface area contributed by atoms with Gasteiger partial charge in [0.1, 0.15) is 5.65 Å². The fraction of sp³-hybridized carbons (Fsp3) is 0.130. The zero-order valence-electron chi connectivity index (χ0n) is 18.5. The van der Waals surface area contributed by atoms with E-state index < -0.39 is 27.8 Å². The first-order valence-corrected chi connectivity index (χ1v) is 11.6. The molecule has 3 N–H and O–H groups in total. The van der Waals surface area contributed by atoms with Crippen LogP contribution in [-0.2, 0) is 16.2 Å². The zero-order valence-corrected chi connectivity index (χ0v) is 19.3. The van der Waals surface area contributed by atoms with Crippen LogP contribution in [0.2, 0.25) is 0 Å². The number of carbonyl (C=O) groups excluding carboxylic acids is 1. The molecule has 4 aromatic rings. The van der Waals surface area contributed by atoms with Gasteiger partial charge in [0, 0.05) is 43.1 Å². The first kappa shape index (κ1) is 24.2. The van der Waals surface area contributed by atoms with Crippen LogP contribution in [0.15, 0.2) is 71.9 Å². The zero-order chi connectivity index (χ0) is 25.4. The van der Waals surface area contributed by atoms with E-state index in [4.69, 9.17) is 0 Å². The van der Waals surface area contributed by atoms with E-state index in [1.807, 2.05) is 0 Å². The number of sulfonamides is 1. The maximum atomic E-state index is 12.7. The fourth-order valence-corrected chi connectivity index (χ4v) is 4.29. The van der Waals surface area contributed by atoms with E-state index in [0.29, 0.717) is 27.8 Å². The van der Waals surface area contributed by atoms with Gasteiger partial charge in [-0.2, -0.15) is 13.2 Å². The first-order valence-electron chi connectivity index (χ1n) is 10.2. The van der Waals surface area contributed by atoms with Gasteiger partial charge in [0.25, 0.3) is 0 Å². The molecule has 2 aromatic carbocycles. The standard InChI is InChI=1S/C23H20F3N5O3S/c1-31(2)35(33,34)18-5-3-4-14(10-18)15-11-19-20(13-28-21(19)27-12-15)30-22(32)29-17-8-6-16(7-9-17)23(24,25)26/h3-13H,1-2H3,(H,27,28)(H2,29,30,32). The molecule has 0 radical (unpaired) electrons. The lowest BCUT2D eigenvalue weighted by Crippen LogP contribution is -2.22. The van der Waals surface area contributed by atoms with Crippen LogP contribution in [0.1, 0.15) is 5.56 Å². The maximum Gasteiger partial charge on any atom is 0.416 e. The molecule has 0 saturated heterocycles. The molecule has 12 heteroatoms. The number of pyridine rings is 1. The van der Waals surface area contributed by atoms with Crippen molar-refractivity contribution in [3.63, 3.8) is 0 Å². The Kier molecular flexibility index (Phi) is 6.26. The van der Waals surface area contributed by atoms with Gasteiger partial charge in [0.05, 0.1) is 16.1 Å². The van der Waals surface area contributed by atoms with Crippen LogP contribution in [0.25, 0.3) is 22.2 Å². The normalized spacial score (nSPS) is 12.2. The molecule has 0 aliphatic carbocycles. The highest BCUT2D eigenvalue weighted by Crippen LogP contribution is 2.31. The molecule has 0 bridgehead atoms. The number of halogens is 3. The molecule has 8 nitrogen and oxygen atoms in total. The second-order valence-corrected chi connectivity index (χ2v) is 9.94.